The molecule has 3 rings (SSSR count). The highest BCUT2D eigenvalue weighted by molar-refractivity contribution is 6.29. The predicted molar refractivity (Wildman–Crippen MR) is 84.5 cm³/mol. The second kappa shape index (κ2) is 6.56. The summed E-state index contributed by atoms with van der Waals surface area (Å²) in [5, 5.41) is 1.00. The second-order valence-electron chi connectivity index (χ2n) is 4.59. The van der Waals surface area contributed by atoms with Crippen molar-refractivity contribution in [3.05, 3.63) is 35.1 Å². The van der Waals surface area contributed by atoms with Gasteiger partial charge < -0.3 is 9.47 Å². The number of halogens is 3. The van der Waals surface area contributed by atoms with E-state index in [4.69, 9.17) is 23.8 Å². The Bertz CT molecular complexity index is 943. The van der Waals surface area contributed by atoms with Crippen LogP contribution in [0, 0.1) is 0 Å². The highest BCUT2D eigenvalue weighted by Gasteiger charge is 2.21. The van der Waals surface area contributed by atoms with Crippen LogP contribution in [0.3, 0.4) is 0 Å². The minimum absolute atomic E-state index is 0.0114. The highest BCUT2D eigenvalue weighted by Crippen LogP contribution is 2.29. The Balaban J connectivity index is 2.26. The molecule has 0 aliphatic rings. The van der Waals surface area contributed by atoms with Crippen LogP contribution < -0.4 is 9.47 Å². The van der Waals surface area contributed by atoms with Crippen LogP contribution in [0.4, 0.5) is 8.78 Å². The summed E-state index contributed by atoms with van der Waals surface area (Å²) >= 11 is 5.92. The fourth-order valence-electron chi connectivity index (χ4n) is 2.19. The van der Waals surface area contributed by atoms with Gasteiger partial charge >= 0.3 is 0 Å². The quantitative estimate of drug-likeness (QED) is 0.656. The molecule has 0 saturated carbocycles. The van der Waals surface area contributed by atoms with E-state index >= 15 is 0 Å². The zero-order valence-electron chi connectivity index (χ0n) is 14.6. The molecule has 0 aliphatic heterocycles. The number of hydrogen-bond donors (Lipinski definition) is 0. The molecule has 0 saturated heterocycles. The Morgan fingerprint density at radius 1 is 1.17 bits per heavy atom. The third-order valence-corrected chi connectivity index (χ3v) is 3.40. The Morgan fingerprint density at radius 2 is 1.83 bits per heavy atom. The normalized spacial score (nSPS) is 13.1. The van der Waals surface area contributed by atoms with Crippen LogP contribution in [0.25, 0.3) is 17.0 Å². The van der Waals surface area contributed by atoms with Crippen molar-refractivity contribution in [2.24, 2.45) is 0 Å². The average Bonchev–Trinajstić information content (AvgIpc) is 3.03. The van der Waals surface area contributed by atoms with E-state index in [0.717, 1.165) is 5.39 Å². The lowest BCUT2D eigenvalue weighted by Gasteiger charge is -2.13. The number of hydrogen-bond acceptors (Lipinski definition) is 5. The van der Waals surface area contributed by atoms with Gasteiger partial charge in [-0.05, 0) is 18.2 Å². The molecule has 126 valence electrons. The third-order valence-electron chi connectivity index (χ3n) is 3.19. The molecule has 0 fully saturated rings. The highest BCUT2D eigenvalue weighted by atomic mass is 35.5. The second-order valence-corrected chi connectivity index (χ2v) is 4.98. The minimum atomic E-state index is -3.33. The molecule has 0 radical (unpaired) electrons. The first-order chi connectivity index (χ1) is 12.3. The number of rotatable bonds is 5. The number of pyridine rings is 1. The maximum absolute atomic E-state index is 13.2. The van der Waals surface area contributed by atoms with Crippen LogP contribution in [-0.4, -0.2) is 40.2 Å². The molecule has 0 unspecified atom stereocenters. The van der Waals surface area contributed by atoms with E-state index in [9.17, 15) is 8.78 Å². The molecule has 3 aromatic rings. The molecule has 24 heavy (non-hydrogen) atoms. The van der Waals surface area contributed by atoms with Gasteiger partial charge in [-0.1, -0.05) is 11.6 Å². The van der Waals surface area contributed by atoms with Gasteiger partial charge in [0.1, 0.15) is 10.8 Å². The Morgan fingerprint density at radius 3 is 2.42 bits per heavy atom. The topological polar surface area (TPSA) is 62.1 Å². The van der Waals surface area contributed by atoms with E-state index in [1.54, 1.807) is 24.4 Å². The summed E-state index contributed by atoms with van der Waals surface area (Å²) in [6.45, 7) is 0. The van der Waals surface area contributed by atoms with Gasteiger partial charge in [0.25, 0.3) is 0 Å². The van der Waals surface area contributed by atoms with Crippen LogP contribution in [0.5, 0.6) is 11.8 Å². The van der Waals surface area contributed by atoms with Gasteiger partial charge in [0, 0.05) is 20.7 Å². The van der Waals surface area contributed by atoms with Gasteiger partial charge in [0.05, 0.1) is 19.8 Å². The zero-order chi connectivity index (χ0) is 19.1. The van der Waals surface area contributed by atoms with Crippen LogP contribution in [0.1, 0.15) is 8.30 Å². The van der Waals surface area contributed by atoms with Crippen molar-refractivity contribution >= 4 is 22.6 Å². The van der Waals surface area contributed by atoms with E-state index < -0.39 is 18.4 Å². The van der Waals surface area contributed by atoms with Gasteiger partial charge in [-0.25, -0.2) is 13.8 Å². The summed E-state index contributed by atoms with van der Waals surface area (Å²) in [7, 11) is 2.39. The van der Waals surface area contributed by atoms with Crippen molar-refractivity contribution in [3.63, 3.8) is 0 Å². The van der Waals surface area contributed by atoms with E-state index in [0.29, 0.717) is 5.65 Å². The van der Waals surface area contributed by atoms with Crippen molar-refractivity contribution < 1.29 is 21.0 Å². The fraction of sp³-hybridized carbons (Fsp3) is 0.267. The number of aromatic nitrogens is 4. The van der Waals surface area contributed by atoms with Gasteiger partial charge in [0.2, 0.25) is 24.1 Å². The summed E-state index contributed by atoms with van der Waals surface area (Å²) in [5.74, 6) is -0.709. The molecule has 0 spiro atoms. The summed E-state index contributed by atoms with van der Waals surface area (Å²) in [5.41, 5.74) is -0.130. The lowest BCUT2D eigenvalue weighted by molar-refractivity contribution is 0.146. The van der Waals surface area contributed by atoms with Crippen LogP contribution in [0.2, 0.25) is 5.15 Å². The molecule has 3 heterocycles. The molecule has 0 aromatic carbocycles. The lowest BCUT2D eigenvalue weighted by atomic mass is 10.2. The van der Waals surface area contributed by atoms with Crippen molar-refractivity contribution in [2.45, 2.75) is 12.8 Å². The molecule has 9 heteroatoms. The van der Waals surface area contributed by atoms with Crippen molar-refractivity contribution in [2.75, 3.05) is 14.2 Å². The van der Waals surface area contributed by atoms with E-state index in [1.807, 2.05) is 0 Å². The summed E-state index contributed by atoms with van der Waals surface area (Å²) in [6, 6.07) is 5.11. The molecular weight excluding hydrogens is 342 g/mol. The molecule has 3 aromatic heterocycles. The maximum atomic E-state index is 13.2. The molecular formula is C15H13ClF2N4O2. The molecule has 6 nitrogen and oxygen atoms in total. The first-order valence-electron chi connectivity index (χ1n) is 7.72. The molecule has 0 amide bonds. The number of methoxy groups -OCH3 is 2. The first kappa shape index (κ1) is 13.9. The number of nitrogens with zero attached hydrogens (tertiary/aromatic N) is 4. The van der Waals surface area contributed by atoms with Crippen molar-refractivity contribution in [1.29, 1.82) is 0 Å². The Labute approximate surface area is 143 Å². The Kier molecular flexibility index (Phi) is 3.80. The maximum Gasteiger partial charge on any atom is 0.243 e. The minimum Gasteiger partial charge on any atom is -0.481 e. The number of alkyl halides is 2. The lowest BCUT2D eigenvalue weighted by Crippen LogP contribution is -2.10. The fourth-order valence-corrected chi connectivity index (χ4v) is 2.33. The van der Waals surface area contributed by atoms with Crippen molar-refractivity contribution in [1.82, 2.24) is 19.5 Å². The van der Waals surface area contributed by atoms with Gasteiger partial charge in [-0.2, -0.15) is 9.97 Å². The van der Waals surface area contributed by atoms with Gasteiger partial charge in [-0.15, -0.1) is 0 Å². The number of ether oxygens (including phenoxy) is 2. The molecule has 0 bridgehead atoms. The summed E-state index contributed by atoms with van der Waals surface area (Å²) in [4.78, 5) is 12.3. The summed E-state index contributed by atoms with van der Waals surface area (Å²) < 4.78 is 53.2. The zero-order valence-corrected chi connectivity index (χ0v) is 13.4. The molecule has 0 N–H and O–H groups in total. The predicted octanol–water partition coefficient (Wildman–Crippen LogP) is 3.29. The largest absolute Gasteiger partial charge is 0.481 e. The molecule has 0 aliphatic carbocycles. The van der Waals surface area contributed by atoms with E-state index in [2.05, 4.69) is 15.0 Å². The van der Waals surface area contributed by atoms with Crippen LogP contribution in [-0.2, 0) is 6.37 Å². The average molecular weight is 357 g/mol. The number of fused-ring (bicyclic) bond motifs is 1. The van der Waals surface area contributed by atoms with Crippen molar-refractivity contribution in [3.8, 4) is 17.7 Å². The third kappa shape index (κ3) is 2.96. The van der Waals surface area contributed by atoms with Crippen LogP contribution in [0.15, 0.2) is 24.4 Å². The summed E-state index contributed by atoms with van der Waals surface area (Å²) in [6.07, 6.45) is -4.77. The van der Waals surface area contributed by atoms with Gasteiger partial charge in [-0.3, -0.25) is 4.57 Å². The monoisotopic (exact) mass is 356 g/mol. The van der Waals surface area contributed by atoms with E-state index in [1.165, 1.54) is 18.8 Å². The standard InChI is InChI=1S/C15H13ClF2N4O2/c1-23-13-9(7-11(17)18)14(24-2)21-15(20-13)22-6-5-8-3-4-10(16)19-12(8)22/h3-6,11H,7H2,1-2H3/i7D2. The Hall–Kier alpha value is -2.48. The smallest absolute Gasteiger partial charge is 0.243 e. The van der Waals surface area contributed by atoms with Gasteiger partial charge in [0.15, 0.2) is 0 Å². The van der Waals surface area contributed by atoms with E-state index in [-0.39, 0.29) is 22.9 Å². The SMILES string of the molecule is [2H]C([2H])(c1c(OC)nc(-n2ccc3ccc(Cl)nc32)nc1OC)C(F)F. The van der Waals surface area contributed by atoms with Crippen LogP contribution >= 0.6 is 11.6 Å². The first-order valence-corrected chi connectivity index (χ1v) is 7.10. The molecule has 0 atom stereocenters.